The Morgan fingerprint density at radius 1 is 1.08 bits per heavy atom. The van der Waals surface area contributed by atoms with E-state index in [1.54, 1.807) is 24.3 Å². The highest BCUT2D eigenvalue weighted by Gasteiger charge is 2.28. The molecule has 1 aliphatic heterocycles. The van der Waals surface area contributed by atoms with Crippen molar-refractivity contribution in [3.63, 3.8) is 0 Å². The molecule has 1 saturated heterocycles. The van der Waals surface area contributed by atoms with E-state index in [0.717, 1.165) is 5.56 Å². The Hall–Kier alpha value is -2.54. The molecule has 1 N–H and O–H groups in total. The summed E-state index contributed by atoms with van der Waals surface area (Å²) in [6.07, 6.45) is 0.527. The van der Waals surface area contributed by atoms with E-state index in [1.165, 1.54) is 23.1 Å². The van der Waals surface area contributed by atoms with Gasteiger partial charge >= 0.3 is 0 Å². The van der Waals surface area contributed by atoms with Crippen LogP contribution in [0.4, 0.5) is 10.1 Å². The van der Waals surface area contributed by atoms with Crippen molar-refractivity contribution < 1.29 is 18.8 Å². The van der Waals surface area contributed by atoms with Crippen LogP contribution in [0.2, 0.25) is 0 Å². The molecule has 1 aliphatic rings. The number of imide groups is 1. The molecule has 128 valence electrons. The van der Waals surface area contributed by atoms with Gasteiger partial charge in [0.05, 0.1) is 12.1 Å². The van der Waals surface area contributed by atoms with Crippen LogP contribution in [-0.2, 0) is 16.1 Å². The molecule has 1 fully saturated rings. The standard InChI is InChI=1S/C18H14BrFN2O3/c19-15-9-12(20)3-6-14(15)18(25)21-13-4-1-11(2-5-13)10-22-16(23)7-8-17(22)24/h1-6,9H,7-8,10H2,(H,21,25). The van der Waals surface area contributed by atoms with Crippen LogP contribution in [0.3, 0.4) is 0 Å². The smallest absolute Gasteiger partial charge is 0.256 e. The molecule has 0 aromatic heterocycles. The number of halogens is 2. The lowest BCUT2D eigenvalue weighted by molar-refractivity contribution is -0.139. The average Bonchev–Trinajstić information content (AvgIpc) is 2.88. The van der Waals surface area contributed by atoms with Crippen LogP contribution in [-0.4, -0.2) is 22.6 Å². The molecule has 3 amide bonds. The van der Waals surface area contributed by atoms with Crippen molar-refractivity contribution in [1.29, 1.82) is 0 Å². The summed E-state index contributed by atoms with van der Waals surface area (Å²) in [7, 11) is 0. The highest BCUT2D eigenvalue weighted by atomic mass is 79.9. The van der Waals surface area contributed by atoms with Crippen LogP contribution in [0.1, 0.15) is 28.8 Å². The quantitative estimate of drug-likeness (QED) is 0.793. The monoisotopic (exact) mass is 404 g/mol. The summed E-state index contributed by atoms with van der Waals surface area (Å²) in [6, 6.07) is 10.7. The molecule has 0 saturated carbocycles. The van der Waals surface area contributed by atoms with Gasteiger partial charge in [-0.2, -0.15) is 0 Å². The lowest BCUT2D eigenvalue weighted by Gasteiger charge is -2.14. The summed E-state index contributed by atoms with van der Waals surface area (Å²) in [5, 5.41) is 2.72. The Morgan fingerprint density at radius 2 is 1.72 bits per heavy atom. The Labute approximate surface area is 151 Å². The van der Waals surface area contributed by atoms with Crippen molar-refractivity contribution >= 4 is 39.3 Å². The summed E-state index contributed by atoms with van der Waals surface area (Å²) >= 11 is 3.16. The molecule has 1 heterocycles. The average molecular weight is 405 g/mol. The van der Waals surface area contributed by atoms with Gasteiger partial charge in [-0.25, -0.2) is 4.39 Å². The molecule has 5 nitrogen and oxygen atoms in total. The zero-order valence-electron chi connectivity index (χ0n) is 13.1. The van der Waals surface area contributed by atoms with Crippen molar-refractivity contribution in [2.75, 3.05) is 5.32 Å². The summed E-state index contributed by atoms with van der Waals surface area (Å²) in [4.78, 5) is 36.7. The normalized spacial score (nSPS) is 14.1. The minimum Gasteiger partial charge on any atom is -0.322 e. The summed E-state index contributed by atoms with van der Waals surface area (Å²) in [5.41, 5.74) is 1.67. The first-order valence-electron chi connectivity index (χ1n) is 7.62. The maximum atomic E-state index is 13.1. The first-order valence-corrected chi connectivity index (χ1v) is 8.42. The number of nitrogens with zero attached hydrogens (tertiary/aromatic N) is 1. The highest BCUT2D eigenvalue weighted by Crippen LogP contribution is 2.21. The Kier molecular flexibility index (Phi) is 4.94. The second-order valence-electron chi connectivity index (χ2n) is 5.65. The van der Waals surface area contributed by atoms with Gasteiger partial charge in [-0.15, -0.1) is 0 Å². The maximum Gasteiger partial charge on any atom is 0.256 e. The van der Waals surface area contributed by atoms with Crippen LogP contribution in [0, 0.1) is 5.82 Å². The number of hydrogen-bond acceptors (Lipinski definition) is 3. The van der Waals surface area contributed by atoms with E-state index in [9.17, 15) is 18.8 Å². The van der Waals surface area contributed by atoms with Gasteiger partial charge in [-0.3, -0.25) is 19.3 Å². The van der Waals surface area contributed by atoms with Crippen molar-refractivity contribution in [1.82, 2.24) is 4.90 Å². The zero-order valence-corrected chi connectivity index (χ0v) is 14.7. The molecule has 0 spiro atoms. The summed E-state index contributed by atoms with van der Waals surface area (Å²) in [6.45, 7) is 0.232. The van der Waals surface area contributed by atoms with E-state index in [4.69, 9.17) is 0 Å². The van der Waals surface area contributed by atoms with E-state index in [0.29, 0.717) is 15.7 Å². The third-order valence-electron chi connectivity index (χ3n) is 3.88. The summed E-state index contributed by atoms with van der Waals surface area (Å²) < 4.78 is 13.5. The number of likely N-dealkylation sites (tertiary alicyclic amines) is 1. The molecule has 0 radical (unpaired) electrons. The van der Waals surface area contributed by atoms with Crippen LogP contribution in [0.25, 0.3) is 0 Å². The van der Waals surface area contributed by atoms with Crippen LogP contribution < -0.4 is 5.32 Å². The number of hydrogen-bond donors (Lipinski definition) is 1. The second kappa shape index (κ2) is 7.14. The predicted octanol–water partition coefficient (Wildman–Crippen LogP) is 3.49. The molecule has 0 aliphatic carbocycles. The Morgan fingerprint density at radius 3 is 2.32 bits per heavy atom. The van der Waals surface area contributed by atoms with Gasteiger partial charge in [0.2, 0.25) is 11.8 Å². The zero-order chi connectivity index (χ0) is 18.0. The van der Waals surface area contributed by atoms with Crippen LogP contribution >= 0.6 is 15.9 Å². The predicted molar refractivity (Wildman–Crippen MR) is 93.3 cm³/mol. The van der Waals surface area contributed by atoms with Crippen molar-refractivity contribution in [2.24, 2.45) is 0 Å². The van der Waals surface area contributed by atoms with Crippen molar-refractivity contribution in [3.05, 3.63) is 63.9 Å². The third-order valence-corrected chi connectivity index (χ3v) is 4.54. The number of amides is 3. The molecule has 7 heteroatoms. The Balaban J connectivity index is 1.67. The number of carbonyl (C=O) groups excluding carboxylic acids is 3. The third kappa shape index (κ3) is 3.93. The first-order chi connectivity index (χ1) is 11.9. The van der Waals surface area contributed by atoms with Gasteiger partial charge < -0.3 is 5.32 Å². The molecule has 2 aromatic rings. The topological polar surface area (TPSA) is 66.5 Å². The highest BCUT2D eigenvalue weighted by molar-refractivity contribution is 9.10. The lowest BCUT2D eigenvalue weighted by Crippen LogP contribution is -2.28. The molecular weight excluding hydrogens is 391 g/mol. The van der Waals surface area contributed by atoms with Crippen molar-refractivity contribution in [3.8, 4) is 0 Å². The maximum absolute atomic E-state index is 13.1. The van der Waals surface area contributed by atoms with Gasteiger partial charge in [0.25, 0.3) is 5.91 Å². The van der Waals surface area contributed by atoms with Gasteiger partial charge in [0, 0.05) is 23.0 Å². The molecule has 3 rings (SSSR count). The molecule has 0 unspecified atom stereocenters. The number of carbonyl (C=O) groups is 3. The lowest BCUT2D eigenvalue weighted by atomic mass is 10.1. The van der Waals surface area contributed by atoms with E-state index in [2.05, 4.69) is 21.2 Å². The SMILES string of the molecule is O=C(Nc1ccc(CN2C(=O)CCC2=O)cc1)c1ccc(F)cc1Br. The fourth-order valence-electron chi connectivity index (χ4n) is 2.55. The molecular formula is C18H14BrFN2O3. The van der Waals surface area contributed by atoms with E-state index in [1.807, 2.05) is 0 Å². The number of rotatable bonds is 4. The van der Waals surface area contributed by atoms with Gasteiger partial charge in [-0.05, 0) is 51.8 Å². The van der Waals surface area contributed by atoms with E-state index >= 15 is 0 Å². The van der Waals surface area contributed by atoms with Crippen LogP contribution in [0.15, 0.2) is 46.9 Å². The molecule has 25 heavy (non-hydrogen) atoms. The number of nitrogens with one attached hydrogen (secondary N) is 1. The summed E-state index contributed by atoms with van der Waals surface area (Å²) in [5.74, 6) is -1.13. The van der Waals surface area contributed by atoms with Crippen LogP contribution in [0.5, 0.6) is 0 Å². The molecule has 0 bridgehead atoms. The van der Waals surface area contributed by atoms with Gasteiger partial charge in [-0.1, -0.05) is 12.1 Å². The minimum atomic E-state index is -0.432. The van der Waals surface area contributed by atoms with Gasteiger partial charge in [0.15, 0.2) is 0 Å². The fraction of sp³-hybridized carbons (Fsp3) is 0.167. The fourth-order valence-corrected chi connectivity index (χ4v) is 3.08. The largest absolute Gasteiger partial charge is 0.322 e. The molecule has 0 atom stereocenters. The van der Waals surface area contributed by atoms with E-state index in [-0.39, 0.29) is 37.1 Å². The molecule has 2 aromatic carbocycles. The number of anilines is 1. The minimum absolute atomic E-state index is 0.163. The first kappa shape index (κ1) is 17.3. The van der Waals surface area contributed by atoms with Gasteiger partial charge in [0.1, 0.15) is 5.82 Å². The number of benzene rings is 2. The second-order valence-corrected chi connectivity index (χ2v) is 6.50. The van der Waals surface area contributed by atoms with Crippen molar-refractivity contribution in [2.45, 2.75) is 19.4 Å². The van der Waals surface area contributed by atoms with E-state index < -0.39 is 5.82 Å². The Bertz CT molecular complexity index is 836.